The van der Waals surface area contributed by atoms with Crippen molar-refractivity contribution in [1.82, 2.24) is 0 Å². The number of hydrogen-bond acceptors (Lipinski definition) is 2. The van der Waals surface area contributed by atoms with Crippen molar-refractivity contribution in [3.05, 3.63) is 34.4 Å². The third-order valence-electron chi connectivity index (χ3n) is 4.31. The molecule has 0 aromatic heterocycles. The molecule has 0 bridgehead atoms. The van der Waals surface area contributed by atoms with Gasteiger partial charge in [0.2, 0.25) is 5.91 Å². The van der Waals surface area contributed by atoms with E-state index in [4.69, 9.17) is 23.1 Å². The van der Waals surface area contributed by atoms with Crippen LogP contribution in [0.1, 0.15) is 50.1 Å². The van der Waals surface area contributed by atoms with E-state index >= 15 is 0 Å². The van der Waals surface area contributed by atoms with Crippen LogP contribution in [0.2, 0.25) is 5.02 Å². The second-order valence-electron chi connectivity index (χ2n) is 5.95. The molecule has 1 aliphatic carbocycles. The average molecular weight is 317 g/mol. The largest absolute Gasteiger partial charge is 0.370 e. The van der Waals surface area contributed by atoms with Gasteiger partial charge in [-0.3, -0.25) is 4.79 Å². The van der Waals surface area contributed by atoms with Crippen molar-refractivity contribution >= 4 is 17.5 Å². The van der Waals surface area contributed by atoms with Crippen LogP contribution < -0.4 is 11.5 Å². The molecule has 0 radical (unpaired) electrons. The molecule has 1 aromatic rings. The Hall–Kier alpha value is -1.20. The third kappa shape index (κ3) is 3.71. The van der Waals surface area contributed by atoms with E-state index in [0.29, 0.717) is 12.0 Å². The highest BCUT2D eigenvalue weighted by molar-refractivity contribution is 6.31. The van der Waals surface area contributed by atoms with Crippen molar-refractivity contribution in [3.8, 4) is 0 Å². The Labute approximate surface area is 127 Å². The summed E-state index contributed by atoms with van der Waals surface area (Å²) in [4.78, 5) is 11.3. The zero-order chi connectivity index (χ0) is 15.6. The van der Waals surface area contributed by atoms with Crippen LogP contribution in [0.25, 0.3) is 0 Å². The Balaban J connectivity index is 2.21. The summed E-state index contributed by atoms with van der Waals surface area (Å²) in [5.41, 5.74) is 11.6. The number of carbonyl (C=O) groups is 1. The number of nitrogens with two attached hydrogens (primary N) is 2. The fourth-order valence-corrected chi connectivity index (χ4v) is 3.64. The summed E-state index contributed by atoms with van der Waals surface area (Å²) in [6.45, 7) is 0. The van der Waals surface area contributed by atoms with Gasteiger partial charge in [-0.25, -0.2) is 8.78 Å². The van der Waals surface area contributed by atoms with E-state index in [1.165, 1.54) is 0 Å². The molecule has 1 atom stereocenters. The molecular weight excluding hydrogens is 298 g/mol. The normalized spacial score (nSPS) is 18.7. The van der Waals surface area contributed by atoms with Crippen molar-refractivity contribution in [1.29, 1.82) is 0 Å². The van der Waals surface area contributed by atoms with E-state index in [2.05, 4.69) is 0 Å². The molecule has 6 heteroatoms. The van der Waals surface area contributed by atoms with Crippen molar-refractivity contribution in [2.45, 2.75) is 44.6 Å². The van der Waals surface area contributed by atoms with Gasteiger partial charge in [-0.2, -0.15) is 0 Å². The standard InChI is InChI=1S/C15H19ClF2N2O/c16-10-6-12(18)11(17)5-9(10)13(19)7-15(8-14(20)21)3-1-2-4-15/h5-6,13H,1-4,7-8,19H2,(H2,20,21). The summed E-state index contributed by atoms with van der Waals surface area (Å²) in [6.07, 6.45) is 4.52. The Morgan fingerprint density at radius 1 is 1.29 bits per heavy atom. The molecule has 1 saturated carbocycles. The molecule has 116 valence electrons. The lowest BCUT2D eigenvalue weighted by atomic mass is 9.76. The Kier molecular flexibility index (Phi) is 4.84. The lowest BCUT2D eigenvalue weighted by Crippen LogP contribution is -2.29. The molecule has 1 aliphatic rings. The van der Waals surface area contributed by atoms with Gasteiger partial charge in [-0.1, -0.05) is 24.4 Å². The van der Waals surface area contributed by atoms with Gasteiger partial charge in [0.05, 0.1) is 0 Å². The lowest BCUT2D eigenvalue weighted by molar-refractivity contribution is -0.120. The predicted octanol–water partition coefficient (Wildman–Crippen LogP) is 3.44. The van der Waals surface area contributed by atoms with Gasteiger partial charge in [0, 0.05) is 17.5 Å². The minimum atomic E-state index is -0.997. The molecule has 1 fully saturated rings. The topological polar surface area (TPSA) is 69.1 Å². The molecule has 21 heavy (non-hydrogen) atoms. The first-order valence-corrected chi connectivity index (χ1v) is 7.39. The summed E-state index contributed by atoms with van der Waals surface area (Å²) in [5, 5.41) is 0.105. The van der Waals surface area contributed by atoms with Crippen molar-refractivity contribution in [3.63, 3.8) is 0 Å². The Morgan fingerprint density at radius 2 is 1.86 bits per heavy atom. The first kappa shape index (κ1) is 16.2. The van der Waals surface area contributed by atoms with Gasteiger partial charge in [0.25, 0.3) is 0 Å². The van der Waals surface area contributed by atoms with E-state index < -0.39 is 17.7 Å². The Bertz CT molecular complexity index is 545. The molecule has 0 spiro atoms. The van der Waals surface area contributed by atoms with E-state index in [0.717, 1.165) is 37.8 Å². The maximum Gasteiger partial charge on any atom is 0.217 e. The number of amides is 1. The summed E-state index contributed by atoms with van der Waals surface area (Å²) in [5.74, 6) is -2.33. The van der Waals surface area contributed by atoms with Crippen LogP contribution in [0.3, 0.4) is 0 Å². The second-order valence-corrected chi connectivity index (χ2v) is 6.36. The number of primary amides is 1. The lowest BCUT2D eigenvalue weighted by Gasteiger charge is -2.31. The van der Waals surface area contributed by atoms with Gasteiger partial charge in [0.1, 0.15) is 0 Å². The minimum absolute atomic E-state index is 0.105. The van der Waals surface area contributed by atoms with Crippen molar-refractivity contribution < 1.29 is 13.6 Å². The fourth-order valence-electron chi connectivity index (χ4n) is 3.35. The quantitative estimate of drug-likeness (QED) is 0.817. The van der Waals surface area contributed by atoms with Gasteiger partial charge < -0.3 is 11.5 Å². The smallest absolute Gasteiger partial charge is 0.217 e. The number of hydrogen-bond donors (Lipinski definition) is 2. The summed E-state index contributed by atoms with van der Waals surface area (Å²) in [6, 6.07) is 1.42. The molecule has 4 N–H and O–H groups in total. The number of halogens is 3. The molecule has 1 unspecified atom stereocenters. The molecule has 0 saturated heterocycles. The highest BCUT2D eigenvalue weighted by Gasteiger charge is 2.37. The summed E-state index contributed by atoms with van der Waals surface area (Å²) in [7, 11) is 0. The summed E-state index contributed by atoms with van der Waals surface area (Å²) < 4.78 is 26.5. The molecular formula is C15H19ClF2N2O. The van der Waals surface area contributed by atoms with Gasteiger partial charge in [-0.15, -0.1) is 0 Å². The molecule has 1 amide bonds. The highest BCUT2D eigenvalue weighted by Crippen LogP contribution is 2.47. The number of rotatable bonds is 5. The van der Waals surface area contributed by atoms with E-state index in [1.54, 1.807) is 0 Å². The van der Waals surface area contributed by atoms with Crippen LogP contribution >= 0.6 is 11.6 Å². The van der Waals surface area contributed by atoms with Crippen LogP contribution in [-0.2, 0) is 4.79 Å². The minimum Gasteiger partial charge on any atom is -0.370 e. The SMILES string of the molecule is NC(=O)CC1(CC(N)c2cc(F)c(F)cc2Cl)CCCC1. The third-order valence-corrected chi connectivity index (χ3v) is 4.63. The maximum atomic E-state index is 13.4. The molecule has 3 nitrogen and oxygen atoms in total. The molecule has 1 aromatic carbocycles. The van der Waals surface area contributed by atoms with Crippen molar-refractivity contribution in [2.75, 3.05) is 0 Å². The van der Waals surface area contributed by atoms with E-state index in [1.807, 2.05) is 0 Å². The molecule has 0 aliphatic heterocycles. The van der Waals surface area contributed by atoms with Gasteiger partial charge >= 0.3 is 0 Å². The highest BCUT2D eigenvalue weighted by atomic mass is 35.5. The first-order chi connectivity index (χ1) is 9.83. The van der Waals surface area contributed by atoms with Crippen LogP contribution in [0.4, 0.5) is 8.78 Å². The average Bonchev–Trinajstić information content (AvgIpc) is 2.80. The van der Waals surface area contributed by atoms with Crippen molar-refractivity contribution in [2.24, 2.45) is 16.9 Å². The second kappa shape index (κ2) is 6.28. The van der Waals surface area contributed by atoms with E-state index in [9.17, 15) is 13.6 Å². The fraction of sp³-hybridized carbons (Fsp3) is 0.533. The monoisotopic (exact) mass is 316 g/mol. The van der Waals surface area contributed by atoms with Gasteiger partial charge in [0.15, 0.2) is 11.6 Å². The molecule has 2 rings (SSSR count). The Morgan fingerprint density at radius 3 is 2.43 bits per heavy atom. The van der Waals surface area contributed by atoms with Crippen LogP contribution in [0.5, 0.6) is 0 Å². The first-order valence-electron chi connectivity index (χ1n) is 7.01. The zero-order valence-electron chi connectivity index (χ0n) is 11.7. The summed E-state index contributed by atoms with van der Waals surface area (Å²) >= 11 is 5.95. The van der Waals surface area contributed by atoms with E-state index in [-0.39, 0.29) is 22.8 Å². The number of carbonyl (C=O) groups excluding carboxylic acids is 1. The van der Waals surface area contributed by atoms with Crippen LogP contribution in [0, 0.1) is 17.0 Å². The van der Waals surface area contributed by atoms with Crippen LogP contribution in [-0.4, -0.2) is 5.91 Å². The molecule has 0 heterocycles. The zero-order valence-corrected chi connectivity index (χ0v) is 12.4. The maximum absolute atomic E-state index is 13.4. The van der Waals surface area contributed by atoms with Crippen LogP contribution in [0.15, 0.2) is 12.1 Å². The number of benzene rings is 1. The predicted molar refractivity (Wildman–Crippen MR) is 77.6 cm³/mol. The van der Waals surface area contributed by atoms with Gasteiger partial charge in [-0.05, 0) is 42.4 Å².